The second-order valence-electron chi connectivity index (χ2n) is 7.64. The molecule has 1 aliphatic heterocycles. The molecule has 0 bridgehead atoms. The van der Waals surface area contributed by atoms with Crippen molar-refractivity contribution in [1.29, 1.82) is 5.26 Å². The van der Waals surface area contributed by atoms with E-state index in [1.807, 2.05) is 56.8 Å². The lowest BCUT2D eigenvalue weighted by Gasteiger charge is -2.28. The van der Waals surface area contributed by atoms with Gasteiger partial charge in [0.05, 0.1) is 42.6 Å². The van der Waals surface area contributed by atoms with Crippen LogP contribution in [0.1, 0.15) is 35.5 Å². The highest BCUT2D eigenvalue weighted by molar-refractivity contribution is 5.80. The molecule has 1 fully saturated rings. The number of nitrogens with zero attached hydrogens (tertiary/aromatic N) is 6. The van der Waals surface area contributed by atoms with Crippen LogP contribution in [0.2, 0.25) is 0 Å². The van der Waals surface area contributed by atoms with Gasteiger partial charge in [0.25, 0.3) is 0 Å². The Morgan fingerprint density at radius 2 is 2.00 bits per heavy atom. The summed E-state index contributed by atoms with van der Waals surface area (Å²) in [4.78, 5) is 16.7. The highest BCUT2D eigenvalue weighted by Crippen LogP contribution is 2.23. The van der Waals surface area contributed by atoms with Gasteiger partial charge in [0.1, 0.15) is 11.6 Å². The fraction of sp³-hybridized carbons (Fsp3) is 0.391. The molecule has 1 atom stereocenters. The van der Waals surface area contributed by atoms with Crippen LogP contribution in [-0.2, 0) is 11.8 Å². The lowest BCUT2D eigenvalue weighted by Crippen LogP contribution is -2.36. The number of benzene rings is 1. The zero-order chi connectivity index (χ0) is 21.3. The number of hydrogen-bond acceptors (Lipinski definition) is 6. The van der Waals surface area contributed by atoms with Crippen molar-refractivity contribution >= 4 is 16.7 Å². The van der Waals surface area contributed by atoms with Crippen molar-refractivity contribution < 1.29 is 4.74 Å². The van der Waals surface area contributed by atoms with E-state index in [2.05, 4.69) is 17.0 Å². The Morgan fingerprint density at radius 3 is 2.73 bits per heavy atom. The van der Waals surface area contributed by atoms with Gasteiger partial charge >= 0.3 is 0 Å². The van der Waals surface area contributed by atoms with Crippen LogP contribution in [0.5, 0.6) is 0 Å². The number of anilines is 1. The zero-order valence-corrected chi connectivity index (χ0v) is 17.9. The fourth-order valence-electron chi connectivity index (χ4n) is 3.89. The maximum absolute atomic E-state index is 9.36. The number of hydrogen-bond donors (Lipinski definition) is 0. The van der Waals surface area contributed by atoms with Gasteiger partial charge in [-0.25, -0.2) is 9.97 Å². The van der Waals surface area contributed by atoms with Gasteiger partial charge in [-0.15, -0.1) is 0 Å². The van der Waals surface area contributed by atoms with E-state index in [-0.39, 0.29) is 6.04 Å². The molecular weight excluding hydrogens is 376 g/mol. The maximum atomic E-state index is 9.36. The molecule has 154 valence electrons. The van der Waals surface area contributed by atoms with Crippen LogP contribution in [0.3, 0.4) is 0 Å². The van der Waals surface area contributed by atoms with Gasteiger partial charge in [0, 0.05) is 25.5 Å². The van der Waals surface area contributed by atoms with Crippen LogP contribution in [0.25, 0.3) is 10.9 Å². The van der Waals surface area contributed by atoms with Crippen LogP contribution in [0.15, 0.2) is 35.5 Å². The van der Waals surface area contributed by atoms with E-state index in [1.54, 1.807) is 0 Å². The fourth-order valence-corrected chi connectivity index (χ4v) is 3.89. The maximum Gasteiger partial charge on any atom is 0.159 e. The lowest BCUT2D eigenvalue weighted by molar-refractivity contribution is 0.122. The van der Waals surface area contributed by atoms with E-state index in [4.69, 9.17) is 19.7 Å². The normalized spacial score (nSPS) is 16.0. The molecule has 0 amide bonds. The van der Waals surface area contributed by atoms with E-state index in [0.717, 1.165) is 46.8 Å². The number of ether oxygens (including phenoxy) is 1. The lowest BCUT2D eigenvalue weighted by atomic mass is 9.98. The summed E-state index contributed by atoms with van der Waals surface area (Å²) in [6.45, 7) is 9.07. The van der Waals surface area contributed by atoms with Gasteiger partial charge in [0.15, 0.2) is 5.49 Å². The molecule has 0 unspecified atom stereocenters. The summed E-state index contributed by atoms with van der Waals surface area (Å²) in [5.74, 6) is 1.79. The summed E-state index contributed by atoms with van der Waals surface area (Å²) < 4.78 is 7.51. The molecule has 7 nitrogen and oxygen atoms in total. The number of rotatable bonds is 3. The topological polar surface area (TPSA) is 79.3 Å². The van der Waals surface area contributed by atoms with Gasteiger partial charge in [-0.3, -0.25) is 4.99 Å². The minimum atomic E-state index is -0.124. The SMILES string of the molecule is Cc1c(C#N)cccc1[C@@H](C)/N=c1\nc(C)n(C)c2cnc(N3CCOCC3)cc12. The number of pyridine rings is 1. The summed E-state index contributed by atoms with van der Waals surface area (Å²) in [6.07, 6.45) is 1.90. The van der Waals surface area contributed by atoms with Crippen molar-refractivity contribution in [3.05, 3.63) is 58.5 Å². The summed E-state index contributed by atoms with van der Waals surface area (Å²) in [5.41, 5.74) is 4.38. The molecule has 1 aliphatic rings. The molecular formula is C23H26N6O. The number of fused-ring (bicyclic) bond motifs is 1. The molecule has 30 heavy (non-hydrogen) atoms. The minimum Gasteiger partial charge on any atom is -0.378 e. The van der Waals surface area contributed by atoms with Gasteiger partial charge in [0.2, 0.25) is 0 Å². The predicted octanol–water partition coefficient (Wildman–Crippen LogP) is 2.96. The van der Waals surface area contributed by atoms with Crippen molar-refractivity contribution in [2.75, 3.05) is 31.2 Å². The van der Waals surface area contributed by atoms with E-state index in [1.165, 1.54) is 0 Å². The highest BCUT2D eigenvalue weighted by Gasteiger charge is 2.15. The molecule has 0 saturated carbocycles. The first-order valence-corrected chi connectivity index (χ1v) is 10.2. The summed E-state index contributed by atoms with van der Waals surface area (Å²) >= 11 is 0. The van der Waals surface area contributed by atoms with E-state index in [0.29, 0.717) is 24.3 Å². The molecule has 4 rings (SSSR count). The number of aromatic nitrogens is 3. The Bertz CT molecular complexity index is 1200. The van der Waals surface area contributed by atoms with Crippen molar-refractivity contribution in [3.8, 4) is 6.07 Å². The Balaban J connectivity index is 1.86. The molecule has 7 heteroatoms. The number of nitriles is 1. The summed E-state index contributed by atoms with van der Waals surface area (Å²) in [5, 5.41) is 10.3. The van der Waals surface area contributed by atoms with Crippen LogP contribution >= 0.6 is 0 Å². The third-order valence-corrected chi connectivity index (χ3v) is 5.82. The van der Waals surface area contributed by atoms with E-state index >= 15 is 0 Å². The molecule has 3 aromatic rings. The minimum absolute atomic E-state index is 0.124. The van der Waals surface area contributed by atoms with Gasteiger partial charge in [-0.2, -0.15) is 5.26 Å². The van der Waals surface area contributed by atoms with Crippen molar-refractivity contribution in [2.24, 2.45) is 12.0 Å². The van der Waals surface area contributed by atoms with Crippen LogP contribution < -0.4 is 10.4 Å². The number of aryl methyl sites for hydroxylation is 2. The van der Waals surface area contributed by atoms with Crippen molar-refractivity contribution in [2.45, 2.75) is 26.8 Å². The van der Waals surface area contributed by atoms with Gasteiger partial charge in [-0.05, 0) is 44.0 Å². The Labute approximate surface area is 176 Å². The molecule has 3 heterocycles. The molecule has 0 radical (unpaired) electrons. The molecule has 1 saturated heterocycles. The molecule has 0 N–H and O–H groups in total. The first-order valence-electron chi connectivity index (χ1n) is 10.2. The third kappa shape index (κ3) is 3.66. The van der Waals surface area contributed by atoms with Crippen LogP contribution in [-0.4, -0.2) is 40.8 Å². The van der Waals surface area contributed by atoms with E-state index < -0.39 is 0 Å². The first kappa shape index (κ1) is 20.0. The van der Waals surface area contributed by atoms with Crippen LogP contribution in [0.4, 0.5) is 5.82 Å². The molecule has 1 aromatic carbocycles. The largest absolute Gasteiger partial charge is 0.378 e. The number of morpholine rings is 1. The molecule has 0 spiro atoms. The first-order chi connectivity index (χ1) is 14.5. The van der Waals surface area contributed by atoms with Gasteiger partial charge in [-0.1, -0.05) is 12.1 Å². The second-order valence-corrected chi connectivity index (χ2v) is 7.64. The highest BCUT2D eigenvalue weighted by atomic mass is 16.5. The Kier molecular flexibility index (Phi) is 5.51. The van der Waals surface area contributed by atoms with Crippen molar-refractivity contribution in [1.82, 2.24) is 14.5 Å². The smallest absolute Gasteiger partial charge is 0.159 e. The quantitative estimate of drug-likeness (QED) is 0.673. The van der Waals surface area contributed by atoms with Crippen molar-refractivity contribution in [3.63, 3.8) is 0 Å². The molecule has 0 aliphatic carbocycles. The monoisotopic (exact) mass is 402 g/mol. The average molecular weight is 403 g/mol. The summed E-state index contributed by atoms with van der Waals surface area (Å²) in [7, 11) is 1.99. The second kappa shape index (κ2) is 8.25. The average Bonchev–Trinajstić information content (AvgIpc) is 2.77. The predicted molar refractivity (Wildman–Crippen MR) is 116 cm³/mol. The van der Waals surface area contributed by atoms with E-state index in [9.17, 15) is 5.26 Å². The third-order valence-electron chi connectivity index (χ3n) is 5.82. The Morgan fingerprint density at radius 1 is 1.23 bits per heavy atom. The zero-order valence-electron chi connectivity index (χ0n) is 17.9. The van der Waals surface area contributed by atoms with Gasteiger partial charge < -0.3 is 14.2 Å². The Hall–Kier alpha value is -3.24. The van der Waals surface area contributed by atoms with Crippen LogP contribution in [0, 0.1) is 25.2 Å². The molecule has 2 aromatic heterocycles. The standard InChI is InChI=1S/C23H26N6O/c1-15-18(13-24)6-5-7-19(15)16(2)26-23-20-12-22(29-8-10-30-11-9-29)25-14-21(20)28(4)17(3)27-23/h5-7,12,14,16H,8-11H2,1-4H3/b26-23-/t16-/m1/s1. The summed E-state index contributed by atoms with van der Waals surface area (Å²) in [6, 6.07) is 10.00.